The van der Waals surface area contributed by atoms with Crippen molar-refractivity contribution >= 4 is 12.6 Å². The molecule has 0 unspecified atom stereocenters. The third-order valence-corrected chi connectivity index (χ3v) is 3.85. The fourth-order valence-corrected chi connectivity index (χ4v) is 2.95. The van der Waals surface area contributed by atoms with E-state index in [0.29, 0.717) is 6.61 Å². The lowest BCUT2D eigenvalue weighted by atomic mass is 10.1. The Morgan fingerprint density at radius 2 is 1.50 bits per heavy atom. The van der Waals surface area contributed by atoms with Crippen LogP contribution in [0, 0.1) is 0 Å². The molecule has 0 fully saturated rings. The number of nitrogens with one attached hydrogen (secondary N) is 1. The molecular weight excluding hydrogens is 266 g/mol. The fraction of sp³-hybridized carbons (Fsp3) is 0.294. The minimum absolute atomic E-state index is 0.280. The second-order valence-corrected chi connectivity index (χ2v) is 5.34. The zero-order chi connectivity index (χ0) is 13.8. The third-order valence-electron chi connectivity index (χ3n) is 3.66. The van der Waals surface area contributed by atoms with Crippen molar-refractivity contribution in [2.24, 2.45) is 0 Å². The summed E-state index contributed by atoms with van der Waals surface area (Å²) in [5.74, 6) is 0.773. The molecule has 0 bridgehead atoms. The van der Waals surface area contributed by atoms with E-state index in [1.54, 1.807) is 0 Å². The summed E-state index contributed by atoms with van der Waals surface area (Å²) in [5, 5.41) is 3.60. The number of thiol groups is 1. The number of ether oxygens (including phenoxy) is 1. The van der Waals surface area contributed by atoms with Gasteiger partial charge in [0.15, 0.2) is 0 Å². The highest BCUT2D eigenvalue weighted by Gasteiger charge is 2.27. The first-order valence-electron chi connectivity index (χ1n) is 7.02. The monoisotopic (exact) mass is 285 g/mol. The van der Waals surface area contributed by atoms with E-state index in [4.69, 9.17) is 4.74 Å². The van der Waals surface area contributed by atoms with Crippen LogP contribution in [0.2, 0.25) is 0 Å². The van der Waals surface area contributed by atoms with Crippen LogP contribution in [0.25, 0.3) is 11.1 Å². The molecule has 0 amide bonds. The molecule has 0 radical (unpaired) electrons. The number of hydrogen-bond donors (Lipinski definition) is 2. The average Bonchev–Trinajstić information content (AvgIpc) is 2.82. The largest absolute Gasteiger partial charge is 0.379 e. The Bertz CT molecular complexity index is 539. The van der Waals surface area contributed by atoms with E-state index < -0.39 is 0 Å². The lowest BCUT2D eigenvalue weighted by Gasteiger charge is -2.15. The van der Waals surface area contributed by atoms with Crippen molar-refractivity contribution in [1.29, 1.82) is 0 Å². The van der Waals surface area contributed by atoms with Gasteiger partial charge in [-0.15, -0.1) is 0 Å². The molecule has 0 aromatic heterocycles. The van der Waals surface area contributed by atoms with Crippen LogP contribution in [-0.4, -0.2) is 25.5 Å². The second-order valence-electron chi connectivity index (χ2n) is 4.90. The van der Waals surface area contributed by atoms with E-state index in [-0.39, 0.29) is 6.04 Å². The maximum absolute atomic E-state index is 5.48. The molecular formula is C17H19NOS. The first kappa shape index (κ1) is 13.7. The van der Waals surface area contributed by atoms with Gasteiger partial charge < -0.3 is 10.1 Å². The van der Waals surface area contributed by atoms with Crippen LogP contribution in [0.15, 0.2) is 48.5 Å². The molecule has 104 valence electrons. The first-order valence-corrected chi connectivity index (χ1v) is 7.65. The van der Waals surface area contributed by atoms with Gasteiger partial charge in [-0.05, 0) is 22.3 Å². The molecule has 1 aliphatic carbocycles. The minimum Gasteiger partial charge on any atom is -0.379 e. The van der Waals surface area contributed by atoms with Gasteiger partial charge in [-0.2, -0.15) is 12.6 Å². The van der Waals surface area contributed by atoms with Crippen LogP contribution >= 0.6 is 12.6 Å². The van der Waals surface area contributed by atoms with Gasteiger partial charge in [-0.3, -0.25) is 0 Å². The fourth-order valence-electron chi connectivity index (χ4n) is 2.82. The molecule has 0 saturated carbocycles. The Balaban J connectivity index is 1.77. The lowest BCUT2D eigenvalue weighted by Crippen LogP contribution is -2.25. The maximum atomic E-state index is 5.48. The van der Waals surface area contributed by atoms with Gasteiger partial charge in [-0.1, -0.05) is 48.5 Å². The van der Waals surface area contributed by atoms with E-state index in [9.17, 15) is 0 Å². The zero-order valence-corrected chi connectivity index (χ0v) is 12.3. The molecule has 3 heteroatoms. The van der Waals surface area contributed by atoms with E-state index in [0.717, 1.165) is 18.9 Å². The highest BCUT2D eigenvalue weighted by atomic mass is 32.1. The van der Waals surface area contributed by atoms with Crippen LogP contribution in [-0.2, 0) is 4.74 Å². The van der Waals surface area contributed by atoms with Gasteiger partial charge in [0.05, 0.1) is 19.3 Å². The van der Waals surface area contributed by atoms with Crippen LogP contribution in [0.5, 0.6) is 0 Å². The van der Waals surface area contributed by atoms with Gasteiger partial charge in [0.2, 0.25) is 0 Å². The molecule has 1 N–H and O–H groups in total. The van der Waals surface area contributed by atoms with Crippen molar-refractivity contribution in [1.82, 2.24) is 5.32 Å². The summed E-state index contributed by atoms with van der Waals surface area (Å²) in [4.78, 5) is 0. The van der Waals surface area contributed by atoms with Gasteiger partial charge in [0.1, 0.15) is 0 Å². The summed E-state index contributed by atoms with van der Waals surface area (Å²) in [6, 6.07) is 17.5. The summed E-state index contributed by atoms with van der Waals surface area (Å²) in [6.07, 6.45) is 0. The molecule has 0 heterocycles. The summed E-state index contributed by atoms with van der Waals surface area (Å²) < 4.78 is 5.48. The van der Waals surface area contributed by atoms with Crippen LogP contribution in [0.3, 0.4) is 0 Å². The van der Waals surface area contributed by atoms with Crippen molar-refractivity contribution in [3.63, 3.8) is 0 Å². The molecule has 2 aromatic rings. The lowest BCUT2D eigenvalue weighted by molar-refractivity contribution is 0.150. The quantitative estimate of drug-likeness (QED) is 0.628. The Morgan fingerprint density at radius 1 is 0.900 bits per heavy atom. The van der Waals surface area contributed by atoms with Gasteiger partial charge in [0, 0.05) is 12.3 Å². The van der Waals surface area contributed by atoms with E-state index in [1.807, 2.05) is 0 Å². The van der Waals surface area contributed by atoms with E-state index in [1.165, 1.54) is 22.3 Å². The highest BCUT2D eigenvalue weighted by Crippen LogP contribution is 2.42. The normalized spacial score (nSPS) is 13.2. The smallest absolute Gasteiger partial charge is 0.0591 e. The number of benzene rings is 2. The molecule has 2 nitrogen and oxygen atoms in total. The number of hydrogen-bond acceptors (Lipinski definition) is 3. The van der Waals surface area contributed by atoms with Gasteiger partial charge in [-0.25, -0.2) is 0 Å². The van der Waals surface area contributed by atoms with Crippen LogP contribution < -0.4 is 5.32 Å². The Hall–Kier alpha value is -1.29. The summed E-state index contributed by atoms with van der Waals surface area (Å²) in [6.45, 7) is 2.28. The molecule has 0 atom stereocenters. The Labute approximate surface area is 125 Å². The third kappa shape index (κ3) is 2.62. The SMILES string of the molecule is SCCOCCNC1c2ccccc2-c2ccccc21. The van der Waals surface area contributed by atoms with E-state index >= 15 is 0 Å². The summed E-state index contributed by atoms with van der Waals surface area (Å²) >= 11 is 4.14. The van der Waals surface area contributed by atoms with Crippen molar-refractivity contribution in [3.05, 3.63) is 59.7 Å². The summed E-state index contributed by atoms with van der Waals surface area (Å²) in [7, 11) is 0. The Morgan fingerprint density at radius 3 is 2.10 bits per heavy atom. The number of rotatable bonds is 6. The number of fused-ring (bicyclic) bond motifs is 3. The Kier molecular flexibility index (Phi) is 4.41. The van der Waals surface area contributed by atoms with Gasteiger partial charge >= 0.3 is 0 Å². The van der Waals surface area contributed by atoms with Crippen molar-refractivity contribution in [2.45, 2.75) is 6.04 Å². The molecule has 20 heavy (non-hydrogen) atoms. The van der Waals surface area contributed by atoms with Crippen LogP contribution in [0.4, 0.5) is 0 Å². The standard InChI is InChI=1S/C17H19NOS/c20-12-11-19-10-9-18-17-15-7-3-1-5-13(15)14-6-2-4-8-16(14)17/h1-8,17-18,20H,9-12H2. The topological polar surface area (TPSA) is 21.3 Å². The second kappa shape index (κ2) is 6.44. The molecule has 2 aromatic carbocycles. The molecule has 0 spiro atoms. The van der Waals surface area contributed by atoms with Crippen molar-refractivity contribution in [2.75, 3.05) is 25.5 Å². The summed E-state index contributed by atoms with van der Waals surface area (Å²) in [5.41, 5.74) is 5.42. The predicted molar refractivity (Wildman–Crippen MR) is 86.4 cm³/mol. The van der Waals surface area contributed by atoms with Crippen molar-refractivity contribution < 1.29 is 4.74 Å². The zero-order valence-electron chi connectivity index (χ0n) is 11.4. The molecule has 0 saturated heterocycles. The maximum Gasteiger partial charge on any atom is 0.0591 e. The molecule has 3 rings (SSSR count). The highest BCUT2D eigenvalue weighted by molar-refractivity contribution is 7.80. The van der Waals surface area contributed by atoms with E-state index in [2.05, 4.69) is 66.5 Å². The van der Waals surface area contributed by atoms with Crippen LogP contribution in [0.1, 0.15) is 17.2 Å². The average molecular weight is 285 g/mol. The minimum atomic E-state index is 0.280. The predicted octanol–water partition coefficient (Wildman–Crippen LogP) is 3.29. The first-order chi connectivity index (χ1) is 9.92. The molecule has 1 aliphatic rings. The van der Waals surface area contributed by atoms with Crippen molar-refractivity contribution in [3.8, 4) is 11.1 Å². The van der Waals surface area contributed by atoms with Gasteiger partial charge in [0.25, 0.3) is 0 Å². The molecule has 0 aliphatic heterocycles.